The minimum atomic E-state index is -0.139. The third-order valence-electron chi connectivity index (χ3n) is 4.49. The van der Waals surface area contributed by atoms with Gasteiger partial charge in [0.2, 0.25) is 5.91 Å². The molecule has 0 aliphatic rings. The van der Waals surface area contributed by atoms with Crippen molar-refractivity contribution in [3.05, 3.63) is 72.1 Å². The summed E-state index contributed by atoms with van der Waals surface area (Å²) in [7, 11) is 1.59. The van der Waals surface area contributed by atoms with Crippen LogP contribution in [0.25, 0.3) is 0 Å². The zero-order chi connectivity index (χ0) is 22.2. The fraction of sp³-hybridized carbons (Fsp3) is 0.261. The van der Waals surface area contributed by atoms with Crippen LogP contribution >= 0.6 is 11.8 Å². The van der Waals surface area contributed by atoms with Crippen molar-refractivity contribution >= 4 is 23.4 Å². The van der Waals surface area contributed by atoms with E-state index in [9.17, 15) is 4.79 Å². The fourth-order valence-corrected chi connectivity index (χ4v) is 3.64. The molecule has 0 aliphatic heterocycles. The first-order chi connectivity index (χ1) is 15.0. The first kappa shape index (κ1) is 22.4. The molecule has 31 heavy (non-hydrogen) atoms. The summed E-state index contributed by atoms with van der Waals surface area (Å²) >= 11 is 1.32. The summed E-state index contributed by atoms with van der Waals surface area (Å²) < 4.78 is 13.1. The first-order valence-electron chi connectivity index (χ1n) is 9.80. The zero-order valence-corrected chi connectivity index (χ0v) is 18.7. The van der Waals surface area contributed by atoms with Crippen LogP contribution in [0.15, 0.2) is 60.3 Å². The number of carbonyl (C=O) groups is 1. The highest BCUT2D eigenvalue weighted by Crippen LogP contribution is 2.23. The highest BCUT2D eigenvalue weighted by atomic mass is 32.2. The number of rotatable bonds is 10. The molecule has 0 fully saturated rings. The van der Waals surface area contributed by atoms with Gasteiger partial charge in [0.1, 0.15) is 18.1 Å². The largest absolute Gasteiger partial charge is 0.497 e. The second kappa shape index (κ2) is 10.7. The van der Waals surface area contributed by atoms with Crippen LogP contribution in [0.5, 0.6) is 11.5 Å². The standard InChI is InChI=1S/C23H26N4O3S/c1-5-11-27-21(14-30-20-12-16(2)9-10-17(20)3)25-26-23(27)31-15-22(28)24-18-7-6-8-19(13-18)29-4/h5-10,12-13H,1,11,14-15H2,2-4H3,(H,24,28). The molecule has 3 rings (SSSR count). The number of thioether (sulfide) groups is 1. The van der Waals surface area contributed by atoms with E-state index in [1.807, 2.05) is 54.8 Å². The summed E-state index contributed by atoms with van der Waals surface area (Å²) in [4.78, 5) is 12.4. The SMILES string of the molecule is C=CCn1c(COc2cc(C)ccc2C)nnc1SCC(=O)Nc1cccc(OC)c1. The number of ether oxygens (including phenoxy) is 2. The molecule has 0 saturated carbocycles. The quantitative estimate of drug-likeness (QED) is 0.373. The number of hydrogen-bond donors (Lipinski definition) is 1. The van der Waals surface area contributed by atoms with Crippen molar-refractivity contribution < 1.29 is 14.3 Å². The van der Waals surface area contributed by atoms with Gasteiger partial charge in [0.15, 0.2) is 11.0 Å². The molecule has 162 valence electrons. The lowest BCUT2D eigenvalue weighted by atomic mass is 10.1. The average Bonchev–Trinajstić information content (AvgIpc) is 3.15. The number of aromatic nitrogens is 3. The molecule has 0 saturated heterocycles. The fourth-order valence-electron chi connectivity index (χ4n) is 2.88. The number of nitrogens with one attached hydrogen (secondary N) is 1. The number of carbonyl (C=O) groups excluding carboxylic acids is 1. The van der Waals surface area contributed by atoms with E-state index in [0.29, 0.717) is 29.0 Å². The van der Waals surface area contributed by atoms with E-state index in [2.05, 4.69) is 22.1 Å². The van der Waals surface area contributed by atoms with Gasteiger partial charge in [-0.1, -0.05) is 36.0 Å². The van der Waals surface area contributed by atoms with Crippen LogP contribution in [-0.2, 0) is 17.9 Å². The second-order valence-corrected chi connectivity index (χ2v) is 7.87. The van der Waals surface area contributed by atoms with Crippen LogP contribution in [0.1, 0.15) is 17.0 Å². The molecular formula is C23H26N4O3S. The van der Waals surface area contributed by atoms with Gasteiger partial charge in [0.05, 0.1) is 12.9 Å². The lowest BCUT2D eigenvalue weighted by molar-refractivity contribution is -0.113. The molecule has 1 heterocycles. The van der Waals surface area contributed by atoms with Gasteiger partial charge in [0, 0.05) is 18.3 Å². The minimum absolute atomic E-state index is 0.139. The van der Waals surface area contributed by atoms with Gasteiger partial charge in [-0.3, -0.25) is 9.36 Å². The third-order valence-corrected chi connectivity index (χ3v) is 5.46. The normalized spacial score (nSPS) is 10.5. The Morgan fingerprint density at radius 3 is 2.84 bits per heavy atom. The van der Waals surface area contributed by atoms with Gasteiger partial charge in [-0.15, -0.1) is 16.8 Å². The van der Waals surface area contributed by atoms with Crippen LogP contribution in [0.4, 0.5) is 5.69 Å². The van der Waals surface area contributed by atoms with E-state index in [0.717, 1.165) is 16.9 Å². The Bertz CT molecular complexity index is 1060. The lowest BCUT2D eigenvalue weighted by Crippen LogP contribution is -2.15. The molecule has 2 aromatic carbocycles. The first-order valence-corrected chi connectivity index (χ1v) is 10.8. The van der Waals surface area contributed by atoms with E-state index >= 15 is 0 Å². The van der Waals surface area contributed by atoms with Crippen molar-refractivity contribution in [2.24, 2.45) is 0 Å². The van der Waals surface area contributed by atoms with E-state index in [-0.39, 0.29) is 18.3 Å². The molecule has 3 aromatic rings. The zero-order valence-electron chi connectivity index (χ0n) is 17.9. The third kappa shape index (κ3) is 6.11. The number of amides is 1. The minimum Gasteiger partial charge on any atom is -0.497 e. The summed E-state index contributed by atoms with van der Waals surface area (Å²) in [5.74, 6) is 2.24. The monoisotopic (exact) mass is 438 g/mol. The smallest absolute Gasteiger partial charge is 0.234 e. The number of aryl methyl sites for hydroxylation is 2. The molecule has 1 amide bonds. The maximum atomic E-state index is 12.4. The van der Waals surface area contributed by atoms with Crippen LogP contribution in [0.3, 0.4) is 0 Å². The number of nitrogens with zero attached hydrogens (tertiary/aromatic N) is 3. The molecule has 0 unspecified atom stereocenters. The summed E-state index contributed by atoms with van der Waals surface area (Å²) in [6, 6.07) is 13.3. The maximum Gasteiger partial charge on any atom is 0.234 e. The summed E-state index contributed by atoms with van der Waals surface area (Å²) in [5, 5.41) is 12.0. The number of methoxy groups -OCH3 is 1. The van der Waals surface area contributed by atoms with Crippen molar-refractivity contribution in [1.29, 1.82) is 0 Å². The predicted molar refractivity (Wildman–Crippen MR) is 123 cm³/mol. The van der Waals surface area contributed by atoms with Crippen LogP contribution in [-0.4, -0.2) is 33.5 Å². The van der Waals surface area contributed by atoms with E-state index in [1.54, 1.807) is 19.3 Å². The van der Waals surface area contributed by atoms with Crippen molar-refractivity contribution in [1.82, 2.24) is 14.8 Å². The predicted octanol–water partition coefficient (Wildman–Crippen LogP) is 4.40. The molecule has 0 aliphatic carbocycles. The van der Waals surface area contributed by atoms with Crippen molar-refractivity contribution in [2.75, 3.05) is 18.2 Å². The van der Waals surface area contributed by atoms with E-state index in [1.165, 1.54) is 11.8 Å². The molecular weight excluding hydrogens is 412 g/mol. The van der Waals surface area contributed by atoms with Gasteiger partial charge in [-0.2, -0.15) is 0 Å². The van der Waals surface area contributed by atoms with Crippen molar-refractivity contribution in [2.45, 2.75) is 32.2 Å². The van der Waals surface area contributed by atoms with Gasteiger partial charge >= 0.3 is 0 Å². The van der Waals surface area contributed by atoms with Crippen LogP contribution < -0.4 is 14.8 Å². The molecule has 7 nitrogen and oxygen atoms in total. The Morgan fingerprint density at radius 1 is 1.23 bits per heavy atom. The Balaban J connectivity index is 1.63. The average molecular weight is 439 g/mol. The summed E-state index contributed by atoms with van der Waals surface area (Å²) in [5.41, 5.74) is 2.87. The molecule has 0 spiro atoms. The second-order valence-electron chi connectivity index (χ2n) is 6.92. The Morgan fingerprint density at radius 2 is 2.06 bits per heavy atom. The Kier molecular flexibility index (Phi) is 7.72. The molecule has 1 N–H and O–H groups in total. The number of anilines is 1. The topological polar surface area (TPSA) is 78.3 Å². The van der Waals surface area contributed by atoms with Gasteiger partial charge < -0.3 is 14.8 Å². The summed E-state index contributed by atoms with van der Waals surface area (Å²) in [6.45, 7) is 8.65. The van der Waals surface area contributed by atoms with Gasteiger partial charge in [-0.05, 0) is 43.2 Å². The Labute approximate surface area is 186 Å². The number of allylic oxidation sites excluding steroid dienone is 1. The molecule has 0 radical (unpaired) electrons. The van der Waals surface area contributed by atoms with Crippen LogP contribution in [0, 0.1) is 13.8 Å². The summed E-state index contributed by atoms with van der Waals surface area (Å²) in [6.07, 6.45) is 1.77. The Hall–Kier alpha value is -3.26. The van der Waals surface area contributed by atoms with Crippen molar-refractivity contribution in [3.8, 4) is 11.5 Å². The van der Waals surface area contributed by atoms with Gasteiger partial charge in [0.25, 0.3) is 0 Å². The molecule has 0 bridgehead atoms. The highest BCUT2D eigenvalue weighted by Gasteiger charge is 2.15. The molecule has 1 aromatic heterocycles. The highest BCUT2D eigenvalue weighted by molar-refractivity contribution is 7.99. The number of benzene rings is 2. The van der Waals surface area contributed by atoms with Crippen molar-refractivity contribution in [3.63, 3.8) is 0 Å². The molecule has 0 atom stereocenters. The lowest BCUT2D eigenvalue weighted by Gasteiger charge is -2.11. The molecule has 8 heteroatoms. The van der Waals surface area contributed by atoms with Crippen LogP contribution in [0.2, 0.25) is 0 Å². The van der Waals surface area contributed by atoms with E-state index in [4.69, 9.17) is 9.47 Å². The maximum absolute atomic E-state index is 12.4. The van der Waals surface area contributed by atoms with Gasteiger partial charge in [-0.25, -0.2) is 0 Å². The number of hydrogen-bond acceptors (Lipinski definition) is 6. The van der Waals surface area contributed by atoms with E-state index < -0.39 is 0 Å².